The number of hydrogen-bond donors (Lipinski definition) is 0. The van der Waals surface area contributed by atoms with Gasteiger partial charge < -0.3 is 4.90 Å². The van der Waals surface area contributed by atoms with Gasteiger partial charge in [0.25, 0.3) is 0 Å². The van der Waals surface area contributed by atoms with Crippen LogP contribution in [0.15, 0.2) is 24.3 Å². The summed E-state index contributed by atoms with van der Waals surface area (Å²) in [4.78, 5) is 4.63. The summed E-state index contributed by atoms with van der Waals surface area (Å²) in [5.41, 5.74) is 1.08. The van der Waals surface area contributed by atoms with Crippen molar-refractivity contribution in [2.24, 2.45) is 0 Å². The van der Waals surface area contributed by atoms with Gasteiger partial charge in [-0.1, -0.05) is 12.1 Å². The molecule has 2 aromatic rings. The Bertz CT molecular complexity index is 607. The van der Waals surface area contributed by atoms with E-state index in [1.807, 2.05) is 13.0 Å². The van der Waals surface area contributed by atoms with E-state index in [0.29, 0.717) is 0 Å². The first-order valence-electron chi connectivity index (χ1n) is 6.52. The third kappa shape index (κ3) is 2.29. The Balaban J connectivity index is 1.77. The van der Waals surface area contributed by atoms with E-state index in [1.165, 1.54) is 10.4 Å². The van der Waals surface area contributed by atoms with Crippen LogP contribution in [0.3, 0.4) is 0 Å². The Kier molecular flexibility index (Phi) is 3.36. The number of hydrogen-bond acceptors (Lipinski definition) is 5. The molecular formula is C14H16N4S. The van der Waals surface area contributed by atoms with Gasteiger partial charge in [-0.3, -0.25) is 4.90 Å². The summed E-state index contributed by atoms with van der Waals surface area (Å²) >= 11 is 1.58. The van der Waals surface area contributed by atoms with Crippen LogP contribution in [-0.4, -0.2) is 41.5 Å². The zero-order valence-electron chi connectivity index (χ0n) is 10.9. The lowest BCUT2D eigenvalue weighted by molar-refractivity contribution is 0.232. The van der Waals surface area contributed by atoms with Crippen LogP contribution in [0.1, 0.15) is 6.92 Å². The zero-order valence-corrected chi connectivity index (χ0v) is 11.7. The molecule has 1 aromatic carbocycles. The van der Waals surface area contributed by atoms with Crippen molar-refractivity contribution in [3.8, 4) is 6.07 Å². The van der Waals surface area contributed by atoms with Crippen molar-refractivity contribution < 1.29 is 0 Å². The van der Waals surface area contributed by atoms with Crippen molar-refractivity contribution in [3.63, 3.8) is 0 Å². The summed E-state index contributed by atoms with van der Waals surface area (Å²) in [6, 6.07) is 10.6. The van der Waals surface area contributed by atoms with Crippen molar-refractivity contribution in [3.05, 3.63) is 24.3 Å². The fourth-order valence-corrected chi connectivity index (χ4v) is 3.41. The van der Waals surface area contributed by atoms with Crippen molar-refractivity contribution >= 4 is 27.4 Å². The van der Waals surface area contributed by atoms with Crippen molar-refractivity contribution in [2.75, 3.05) is 31.1 Å². The highest BCUT2D eigenvalue weighted by Crippen LogP contribution is 2.31. The molecule has 4 nitrogen and oxygen atoms in total. The van der Waals surface area contributed by atoms with Crippen LogP contribution in [0.4, 0.5) is 5.00 Å². The average Bonchev–Trinajstić information content (AvgIpc) is 2.90. The lowest BCUT2D eigenvalue weighted by Gasteiger charge is -2.36. The van der Waals surface area contributed by atoms with E-state index in [2.05, 4.69) is 38.4 Å². The summed E-state index contributed by atoms with van der Waals surface area (Å²) < 4.78 is 4.50. The molecule has 0 amide bonds. The summed E-state index contributed by atoms with van der Waals surface area (Å²) in [6.45, 7) is 5.80. The molecule has 2 heterocycles. The number of fused-ring (bicyclic) bond motifs is 1. The minimum Gasteiger partial charge on any atom is -0.359 e. The van der Waals surface area contributed by atoms with E-state index in [4.69, 9.17) is 5.26 Å². The van der Waals surface area contributed by atoms with Crippen molar-refractivity contribution in [1.82, 2.24) is 9.27 Å². The maximum absolute atomic E-state index is 8.97. The molecule has 1 unspecified atom stereocenters. The molecule has 1 fully saturated rings. The predicted octanol–water partition coefficient (Wildman–Crippen LogP) is 2.33. The Hall–Kier alpha value is -1.64. The monoisotopic (exact) mass is 272 g/mol. The second-order valence-electron chi connectivity index (χ2n) is 4.83. The third-order valence-corrected chi connectivity index (χ3v) is 4.64. The van der Waals surface area contributed by atoms with Crippen LogP contribution in [0.25, 0.3) is 10.9 Å². The standard InChI is InChI=1S/C14H16N4S/c1-11(10-15)17-6-8-18(9-7-17)14-12-4-2-3-5-13(12)16-19-14/h2-5,11H,6-9H2,1H3. The van der Waals surface area contributed by atoms with E-state index in [0.717, 1.165) is 31.7 Å². The molecule has 0 N–H and O–H groups in total. The number of nitrogens with zero attached hydrogens (tertiary/aromatic N) is 4. The molecule has 0 saturated carbocycles. The van der Waals surface area contributed by atoms with E-state index >= 15 is 0 Å². The number of piperazine rings is 1. The molecule has 1 aromatic heterocycles. The van der Waals surface area contributed by atoms with Gasteiger partial charge in [-0.15, -0.1) is 0 Å². The second kappa shape index (κ2) is 5.16. The van der Waals surface area contributed by atoms with Crippen molar-refractivity contribution in [1.29, 1.82) is 5.26 Å². The molecule has 1 saturated heterocycles. The summed E-state index contributed by atoms with van der Waals surface area (Å²) in [5.74, 6) is 0. The smallest absolute Gasteiger partial charge is 0.120 e. The predicted molar refractivity (Wildman–Crippen MR) is 78.5 cm³/mol. The number of anilines is 1. The lowest BCUT2D eigenvalue weighted by Crippen LogP contribution is -2.49. The fraction of sp³-hybridized carbons (Fsp3) is 0.429. The number of rotatable bonds is 2. The van der Waals surface area contributed by atoms with Gasteiger partial charge in [0, 0.05) is 31.6 Å². The maximum atomic E-state index is 8.97. The van der Waals surface area contributed by atoms with Crippen LogP contribution in [-0.2, 0) is 0 Å². The van der Waals surface area contributed by atoms with E-state index in [9.17, 15) is 0 Å². The molecule has 1 aliphatic rings. The summed E-state index contributed by atoms with van der Waals surface area (Å²) in [5, 5.41) is 11.5. The SMILES string of the molecule is CC(C#N)N1CCN(c2snc3ccccc23)CC1. The minimum atomic E-state index is 0.0142. The highest BCUT2D eigenvalue weighted by atomic mass is 32.1. The normalized spacial score (nSPS) is 18.4. The van der Waals surface area contributed by atoms with Gasteiger partial charge >= 0.3 is 0 Å². The van der Waals surface area contributed by atoms with Gasteiger partial charge in [0.2, 0.25) is 0 Å². The Morgan fingerprint density at radius 2 is 2.00 bits per heavy atom. The summed E-state index contributed by atoms with van der Waals surface area (Å²) in [6.07, 6.45) is 0. The highest BCUT2D eigenvalue weighted by molar-refractivity contribution is 7.11. The van der Waals surface area contributed by atoms with Crippen LogP contribution in [0.5, 0.6) is 0 Å². The summed E-state index contributed by atoms with van der Waals surface area (Å²) in [7, 11) is 0. The Morgan fingerprint density at radius 3 is 2.74 bits per heavy atom. The number of aromatic nitrogens is 1. The Morgan fingerprint density at radius 1 is 1.26 bits per heavy atom. The second-order valence-corrected chi connectivity index (χ2v) is 5.58. The topological polar surface area (TPSA) is 43.2 Å². The van der Waals surface area contributed by atoms with Gasteiger partial charge in [-0.25, -0.2) is 0 Å². The van der Waals surface area contributed by atoms with E-state index < -0.39 is 0 Å². The van der Waals surface area contributed by atoms with Crippen LogP contribution < -0.4 is 4.90 Å². The molecule has 1 aliphatic heterocycles. The molecule has 19 heavy (non-hydrogen) atoms. The van der Waals surface area contributed by atoms with Gasteiger partial charge in [0.05, 0.1) is 17.6 Å². The quantitative estimate of drug-likeness (QED) is 0.841. The van der Waals surface area contributed by atoms with Crippen LogP contribution >= 0.6 is 11.5 Å². The molecule has 5 heteroatoms. The van der Waals surface area contributed by atoms with Crippen molar-refractivity contribution in [2.45, 2.75) is 13.0 Å². The van der Waals surface area contributed by atoms with E-state index in [-0.39, 0.29) is 6.04 Å². The molecule has 0 aliphatic carbocycles. The first-order valence-corrected chi connectivity index (χ1v) is 7.30. The Labute approximate surface area is 117 Å². The zero-order chi connectivity index (χ0) is 13.2. The third-order valence-electron chi connectivity index (χ3n) is 3.70. The first-order chi connectivity index (χ1) is 9.29. The van der Waals surface area contributed by atoms with E-state index in [1.54, 1.807) is 11.5 Å². The minimum absolute atomic E-state index is 0.0142. The van der Waals surface area contributed by atoms with Crippen LogP contribution in [0.2, 0.25) is 0 Å². The average molecular weight is 272 g/mol. The molecule has 0 bridgehead atoms. The van der Waals surface area contributed by atoms with Gasteiger partial charge in [0.15, 0.2) is 0 Å². The fourth-order valence-electron chi connectivity index (χ4n) is 2.50. The van der Waals surface area contributed by atoms with Gasteiger partial charge in [-0.2, -0.15) is 9.64 Å². The maximum Gasteiger partial charge on any atom is 0.120 e. The van der Waals surface area contributed by atoms with Gasteiger partial charge in [0.1, 0.15) is 5.00 Å². The largest absolute Gasteiger partial charge is 0.359 e. The van der Waals surface area contributed by atoms with Gasteiger partial charge in [-0.05, 0) is 30.6 Å². The molecule has 3 rings (SSSR count). The number of nitriles is 1. The van der Waals surface area contributed by atoms with Crippen LogP contribution in [0, 0.1) is 11.3 Å². The lowest BCUT2D eigenvalue weighted by atomic mass is 10.2. The molecule has 0 spiro atoms. The number of benzene rings is 1. The molecular weight excluding hydrogens is 256 g/mol. The molecule has 98 valence electrons. The highest BCUT2D eigenvalue weighted by Gasteiger charge is 2.23. The first kappa shape index (κ1) is 12.4. The molecule has 0 radical (unpaired) electrons. The molecule has 1 atom stereocenters.